The van der Waals surface area contributed by atoms with Gasteiger partial charge in [0.05, 0.1) is 0 Å². The molecule has 0 aliphatic heterocycles. The molecule has 0 atom stereocenters. The summed E-state index contributed by atoms with van der Waals surface area (Å²) in [6.45, 7) is 4.48. The van der Waals surface area contributed by atoms with Crippen LogP contribution in [0, 0.1) is 0 Å². The Morgan fingerprint density at radius 3 is 1.83 bits per heavy atom. The van der Waals surface area contributed by atoms with E-state index in [1.165, 1.54) is 56.1 Å². The summed E-state index contributed by atoms with van der Waals surface area (Å²) in [5.74, 6) is 0.683. The largest absolute Gasteiger partial charge is 0.253 e. The number of rotatable bonds is 11. The van der Waals surface area contributed by atoms with Gasteiger partial charge in [0, 0.05) is 24.2 Å². The average Bonchev–Trinajstić information content (AvgIpc) is 2.78. The molecule has 3 heteroatoms. The first kappa shape index (κ1) is 21.2. The highest BCUT2D eigenvalue weighted by Crippen LogP contribution is 2.21. The van der Waals surface area contributed by atoms with Gasteiger partial charge in [0.15, 0.2) is 5.82 Å². The molecule has 0 spiro atoms. The fraction of sp³-hybridized carbons (Fsp3) is 0.423. The van der Waals surface area contributed by atoms with E-state index in [1.807, 2.05) is 24.7 Å². The third kappa shape index (κ3) is 6.49. The first-order valence-electron chi connectivity index (χ1n) is 11.2. The van der Waals surface area contributed by atoms with Gasteiger partial charge in [0.2, 0.25) is 0 Å². The zero-order chi connectivity index (χ0) is 20.3. The normalized spacial score (nSPS) is 11.0. The summed E-state index contributed by atoms with van der Waals surface area (Å²) in [7, 11) is 0. The molecule has 0 fully saturated rings. The number of aromatic nitrogens is 3. The summed E-state index contributed by atoms with van der Waals surface area (Å²) in [6, 6.07) is 13.0. The van der Waals surface area contributed by atoms with Gasteiger partial charge in [0.25, 0.3) is 0 Å². The summed E-state index contributed by atoms with van der Waals surface area (Å²) < 4.78 is 0. The van der Waals surface area contributed by atoms with E-state index >= 15 is 0 Å². The van der Waals surface area contributed by atoms with Crippen molar-refractivity contribution in [3.8, 4) is 22.6 Å². The molecule has 2 heterocycles. The number of hydrogen-bond donors (Lipinski definition) is 0. The third-order valence-corrected chi connectivity index (χ3v) is 5.38. The summed E-state index contributed by atoms with van der Waals surface area (Å²) in [5, 5.41) is 0. The van der Waals surface area contributed by atoms with Crippen molar-refractivity contribution in [2.24, 2.45) is 0 Å². The van der Waals surface area contributed by atoms with E-state index in [1.54, 1.807) is 0 Å². The van der Waals surface area contributed by atoms with E-state index in [0.717, 1.165) is 29.7 Å². The molecule has 3 aromatic rings. The number of nitrogens with zero attached hydrogens (tertiary/aromatic N) is 3. The van der Waals surface area contributed by atoms with Crippen molar-refractivity contribution >= 4 is 0 Å². The van der Waals surface area contributed by atoms with Gasteiger partial charge in [-0.2, -0.15) is 0 Å². The lowest BCUT2D eigenvalue weighted by Crippen LogP contribution is -1.94. The lowest BCUT2D eigenvalue weighted by atomic mass is 10.0. The monoisotopic (exact) mass is 387 g/mol. The van der Waals surface area contributed by atoms with Crippen LogP contribution in [-0.4, -0.2) is 15.0 Å². The highest BCUT2D eigenvalue weighted by Gasteiger charge is 2.05. The number of pyridine rings is 1. The van der Waals surface area contributed by atoms with Crippen molar-refractivity contribution in [2.45, 2.75) is 71.6 Å². The molecule has 0 saturated heterocycles. The zero-order valence-corrected chi connectivity index (χ0v) is 17.9. The Bertz CT molecular complexity index is 837. The van der Waals surface area contributed by atoms with Crippen molar-refractivity contribution in [3.05, 3.63) is 66.1 Å². The van der Waals surface area contributed by atoms with Crippen LogP contribution in [0.5, 0.6) is 0 Å². The van der Waals surface area contributed by atoms with Gasteiger partial charge in [0.1, 0.15) is 5.69 Å². The van der Waals surface area contributed by atoms with Crippen LogP contribution >= 0.6 is 0 Å². The van der Waals surface area contributed by atoms with Crippen LogP contribution in [0.2, 0.25) is 0 Å². The Kier molecular flexibility index (Phi) is 8.36. The van der Waals surface area contributed by atoms with E-state index in [4.69, 9.17) is 0 Å². The maximum absolute atomic E-state index is 4.57. The number of benzene rings is 1. The summed E-state index contributed by atoms with van der Waals surface area (Å²) in [5.41, 5.74) is 5.73. The zero-order valence-electron chi connectivity index (χ0n) is 17.9. The molecular weight excluding hydrogens is 354 g/mol. The maximum Gasteiger partial charge on any atom is 0.178 e. The minimum absolute atomic E-state index is 0.683. The SMILES string of the molecule is CCCCCCc1ccc(-c2ncc(-c3ccc(CCCCC)cc3)cn2)nc1. The smallest absolute Gasteiger partial charge is 0.178 e. The molecule has 2 aromatic heterocycles. The van der Waals surface area contributed by atoms with E-state index in [2.05, 4.69) is 59.1 Å². The van der Waals surface area contributed by atoms with Gasteiger partial charge in [-0.15, -0.1) is 0 Å². The van der Waals surface area contributed by atoms with Crippen molar-refractivity contribution in [3.63, 3.8) is 0 Å². The van der Waals surface area contributed by atoms with E-state index in [9.17, 15) is 0 Å². The highest BCUT2D eigenvalue weighted by atomic mass is 14.9. The predicted octanol–water partition coefficient (Wildman–Crippen LogP) is 7.06. The second-order valence-corrected chi connectivity index (χ2v) is 7.81. The molecular formula is C26H33N3. The van der Waals surface area contributed by atoms with Gasteiger partial charge >= 0.3 is 0 Å². The molecule has 1 aromatic carbocycles. The molecule has 0 unspecified atom stereocenters. The van der Waals surface area contributed by atoms with E-state index in [-0.39, 0.29) is 0 Å². The molecule has 0 N–H and O–H groups in total. The molecule has 0 aliphatic rings. The standard InChI is InChI=1S/C26H33N3/c1-3-5-7-9-11-22-14-17-25(27-18-22)26-28-19-24(20-29-26)23-15-12-21(13-16-23)10-8-6-4-2/h12-20H,3-11H2,1-2H3. The summed E-state index contributed by atoms with van der Waals surface area (Å²) in [4.78, 5) is 13.7. The first-order chi connectivity index (χ1) is 14.3. The van der Waals surface area contributed by atoms with Crippen LogP contribution in [0.15, 0.2) is 55.0 Å². The predicted molar refractivity (Wildman–Crippen MR) is 122 cm³/mol. The van der Waals surface area contributed by atoms with Gasteiger partial charge in [-0.3, -0.25) is 4.98 Å². The second-order valence-electron chi connectivity index (χ2n) is 7.81. The number of aryl methyl sites for hydroxylation is 2. The van der Waals surface area contributed by atoms with Crippen LogP contribution in [0.4, 0.5) is 0 Å². The van der Waals surface area contributed by atoms with E-state index in [0.29, 0.717) is 5.82 Å². The molecule has 0 amide bonds. The molecule has 0 radical (unpaired) electrons. The molecule has 0 saturated carbocycles. The molecule has 0 bridgehead atoms. The van der Waals surface area contributed by atoms with Crippen LogP contribution in [0.25, 0.3) is 22.6 Å². The van der Waals surface area contributed by atoms with Crippen LogP contribution < -0.4 is 0 Å². The Morgan fingerprint density at radius 2 is 1.17 bits per heavy atom. The van der Waals surface area contributed by atoms with Gasteiger partial charge in [-0.25, -0.2) is 9.97 Å². The number of unbranched alkanes of at least 4 members (excludes halogenated alkanes) is 5. The fourth-order valence-corrected chi connectivity index (χ4v) is 3.51. The van der Waals surface area contributed by atoms with Gasteiger partial charge in [-0.1, -0.05) is 76.3 Å². The highest BCUT2D eigenvalue weighted by molar-refractivity contribution is 5.63. The van der Waals surface area contributed by atoms with Crippen LogP contribution in [-0.2, 0) is 12.8 Å². The Hall–Kier alpha value is -2.55. The maximum atomic E-state index is 4.57. The Labute approximate surface area is 175 Å². The quantitative estimate of drug-likeness (QED) is 0.330. The van der Waals surface area contributed by atoms with Crippen molar-refractivity contribution in [1.82, 2.24) is 15.0 Å². The van der Waals surface area contributed by atoms with Gasteiger partial charge in [-0.05, 0) is 48.4 Å². The molecule has 152 valence electrons. The summed E-state index contributed by atoms with van der Waals surface area (Å²) >= 11 is 0. The average molecular weight is 388 g/mol. The molecule has 3 rings (SSSR count). The second kappa shape index (κ2) is 11.5. The van der Waals surface area contributed by atoms with E-state index < -0.39 is 0 Å². The minimum Gasteiger partial charge on any atom is -0.253 e. The molecule has 0 aliphatic carbocycles. The molecule has 29 heavy (non-hydrogen) atoms. The van der Waals surface area contributed by atoms with Gasteiger partial charge < -0.3 is 0 Å². The first-order valence-corrected chi connectivity index (χ1v) is 11.2. The minimum atomic E-state index is 0.683. The lowest BCUT2D eigenvalue weighted by molar-refractivity contribution is 0.666. The molecule has 3 nitrogen and oxygen atoms in total. The Morgan fingerprint density at radius 1 is 0.552 bits per heavy atom. The van der Waals surface area contributed by atoms with Crippen LogP contribution in [0.1, 0.15) is 69.9 Å². The lowest BCUT2D eigenvalue weighted by Gasteiger charge is -2.06. The van der Waals surface area contributed by atoms with Crippen molar-refractivity contribution in [1.29, 1.82) is 0 Å². The van der Waals surface area contributed by atoms with Crippen LogP contribution in [0.3, 0.4) is 0 Å². The van der Waals surface area contributed by atoms with Crippen molar-refractivity contribution in [2.75, 3.05) is 0 Å². The van der Waals surface area contributed by atoms with Crippen molar-refractivity contribution < 1.29 is 0 Å². The summed E-state index contributed by atoms with van der Waals surface area (Å²) in [6.07, 6.45) is 17.0. The topological polar surface area (TPSA) is 38.7 Å². The Balaban J connectivity index is 1.59. The third-order valence-electron chi connectivity index (χ3n) is 5.38. The number of hydrogen-bond acceptors (Lipinski definition) is 3. The fourth-order valence-electron chi connectivity index (χ4n) is 3.51.